The van der Waals surface area contributed by atoms with Crippen molar-refractivity contribution in [1.29, 1.82) is 0 Å². The van der Waals surface area contributed by atoms with E-state index in [4.69, 9.17) is 9.47 Å². The number of piperidine rings is 1. The Kier molecular flexibility index (Phi) is 7.24. The molecule has 0 spiro atoms. The number of urea groups is 1. The molecular weight excluding hydrogens is 334 g/mol. The van der Waals surface area contributed by atoms with E-state index in [1.165, 1.54) is 19.2 Å². The number of ether oxygens (including phenoxy) is 3. The highest BCUT2D eigenvalue weighted by Crippen LogP contribution is 2.29. The number of methoxy groups -OCH3 is 1. The van der Waals surface area contributed by atoms with E-state index in [9.17, 15) is 13.6 Å². The van der Waals surface area contributed by atoms with Gasteiger partial charge in [-0.3, -0.25) is 0 Å². The molecule has 8 heteroatoms. The summed E-state index contributed by atoms with van der Waals surface area (Å²) in [6, 6.07) is 4.49. The van der Waals surface area contributed by atoms with Gasteiger partial charge in [-0.15, -0.1) is 0 Å². The van der Waals surface area contributed by atoms with Crippen molar-refractivity contribution >= 4 is 6.03 Å². The number of alkyl halides is 2. The van der Waals surface area contributed by atoms with Crippen LogP contribution < -0.4 is 14.8 Å². The first-order chi connectivity index (χ1) is 12.0. The van der Waals surface area contributed by atoms with Crippen LogP contribution in [0.15, 0.2) is 18.2 Å². The Labute approximate surface area is 146 Å². The van der Waals surface area contributed by atoms with Crippen LogP contribution in [0.5, 0.6) is 11.5 Å². The number of nitrogens with zero attached hydrogens (tertiary/aromatic N) is 1. The van der Waals surface area contributed by atoms with E-state index >= 15 is 0 Å². The molecule has 25 heavy (non-hydrogen) atoms. The highest BCUT2D eigenvalue weighted by molar-refractivity contribution is 5.74. The van der Waals surface area contributed by atoms with Crippen LogP contribution in [-0.2, 0) is 11.3 Å². The number of nitrogens with one attached hydrogen (secondary N) is 1. The molecule has 0 saturated carbocycles. The predicted molar refractivity (Wildman–Crippen MR) is 88.1 cm³/mol. The summed E-state index contributed by atoms with van der Waals surface area (Å²) in [5.41, 5.74) is 0.647. The Morgan fingerprint density at radius 3 is 2.64 bits per heavy atom. The summed E-state index contributed by atoms with van der Waals surface area (Å²) in [5, 5.41) is 2.80. The van der Waals surface area contributed by atoms with Gasteiger partial charge < -0.3 is 24.4 Å². The zero-order chi connectivity index (χ0) is 18.2. The van der Waals surface area contributed by atoms with Crippen LogP contribution in [0.3, 0.4) is 0 Å². The van der Waals surface area contributed by atoms with Crippen LogP contribution in [0.1, 0.15) is 25.3 Å². The Hall–Kier alpha value is -2.09. The number of rotatable bonds is 7. The lowest BCUT2D eigenvalue weighted by Gasteiger charge is -2.31. The van der Waals surface area contributed by atoms with Crippen LogP contribution in [0, 0.1) is 0 Å². The smallest absolute Gasteiger partial charge is 0.387 e. The first-order valence-electron chi connectivity index (χ1n) is 8.29. The number of amides is 2. The summed E-state index contributed by atoms with van der Waals surface area (Å²) in [6.07, 6.45) is 1.84. The maximum Gasteiger partial charge on any atom is 0.387 e. The minimum absolute atomic E-state index is 0.0539. The molecule has 1 N–H and O–H groups in total. The summed E-state index contributed by atoms with van der Waals surface area (Å²) in [4.78, 5) is 14.0. The van der Waals surface area contributed by atoms with Crippen molar-refractivity contribution < 1.29 is 27.8 Å². The topological polar surface area (TPSA) is 60.0 Å². The second-order valence-electron chi connectivity index (χ2n) is 5.66. The molecule has 1 aromatic carbocycles. The Bertz CT molecular complexity index is 564. The van der Waals surface area contributed by atoms with Gasteiger partial charge in [-0.25, -0.2) is 4.79 Å². The third kappa shape index (κ3) is 5.74. The molecular formula is C17H24F2N2O4. The number of likely N-dealkylation sites (tertiary alicyclic amines) is 1. The van der Waals surface area contributed by atoms with E-state index in [0.29, 0.717) is 25.3 Å². The normalized spacial score (nSPS) is 15.3. The van der Waals surface area contributed by atoms with Crippen molar-refractivity contribution in [2.75, 3.05) is 26.8 Å². The summed E-state index contributed by atoms with van der Waals surface area (Å²) >= 11 is 0. The van der Waals surface area contributed by atoms with Crippen molar-refractivity contribution in [2.45, 2.75) is 39.0 Å². The molecule has 2 amide bonds. The lowest BCUT2D eigenvalue weighted by atomic mass is 10.1. The molecule has 0 atom stereocenters. The van der Waals surface area contributed by atoms with Gasteiger partial charge in [0.25, 0.3) is 0 Å². The largest absolute Gasteiger partial charge is 0.493 e. The summed E-state index contributed by atoms with van der Waals surface area (Å²) in [7, 11) is 1.38. The number of benzene rings is 1. The molecule has 140 valence electrons. The van der Waals surface area contributed by atoms with E-state index in [2.05, 4.69) is 10.1 Å². The van der Waals surface area contributed by atoms with Crippen LogP contribution in [0.2, 0.25) is 0 Å². The molecule has 6 nitrogen and oxygen atoms in total. The molecule has 0 radical (unpaired) electrons. The van der Waals surface area contributed by atoms with Gasteiger partial charge in [0.05, 0.1) is 13.2 Å². The number of halogens is 2. The zero-order valence-electron chi connectivity index (χ0n) is 14.5. The lowest BCUT2D eigenvalue weighted by molar-refractivity contribution is -0.0512. The third-order valence-corrected chi connectivity index (χ3v) is 4.02. The predicted octanol–water partition coefficient (Wildman–Crippen LogP) is 3.01. The molecule has 0 bridgehead atoms. The quantitative estimate of drug-likeness (QED) is 0.814. The third-order valence-electron chi connectivity index (χ3n) is 4.02. The number of hydrogen-bond donors (Lipinski definition) is 1. The van der Waals surface area contributed by atoms with Crippen molar-refractivity contribution in [3.63, 3.8) is 0 Å². The molecule has 1 aliphatic rings. The summed E-state index contributed by atoms with van der Waals surface area (Å²) in [5.74, 6) is 0.162. The van der Waals surface area contributed by atoms with Crippen LogP contribution in [0.25, 0.3) is 0 Å². The fourth-order valence-electron chi connectivity index (χ4n) is 2.77. The second-order valence-corrected chi connectivity index (χ2v) is 5.66. The average Bonchev–Trinajstić information content (AvgIpc) is 2.60. The van der Waals surface area contributed by atoms with Gasteiger partial charge >= 0.3 is 12.6 Å². The molecule has 0 unspecified atom stereocenters. The molecule has 1 fully saturated rings. The SMILES string of the molecule is CCOC1CCN(C(=O)NCc2ccc(OC)c(OC(F)F)c2)CC1. The van der Waals surface area contributed by atoms with Crippen molar-refractivity contribution in [2.24, 2.45) is 0 Å². The van der Waals surface area contributed by atoms with Gasteiger partial charge in [-0.2, -0.15) is 8.78 Å². The Morgan fingerprint density at radius 1 is 1.32 bits per heavy atom. The monoisotopic (exact) mass is 358 g/mol. The van der Waals surface area contributed by atoms with Gasteiger partial charge in [0, 0.05) is 26.2 Å². The maximum atomic E-state index is 12.4. The van der Waals surface area contributed by atoms with Crippen LogP contribution >= 0.6 is 0 Å². The van der Waals surface area contributed by atoms with E-state index in [-0.39, 0.29) is 30.2 Å². The highest BCUT2D eigenvalue weighted by Gasteiger charge is 2.22. The molecule has 0 aromatic heterocycles. The first-order valence-corrected chi connectivity index (χ1v) is 8.29. The second kappa shape index (κ2) is 9.41. The molecule has 2 rings (SSSR count). The standard InChI is InChI=1S/C17H24F2N2O4/c1-3-24-13-6-8-21(9-7-13)17(22)20-11-12-4-5-14(23-2)15(10-12)25-16(18)19/h4-5,10,13,16H,3,6-9,11H2,1-2H3,(H,20,22). The highest BCUT2D eigenvalue weighted by atomic mass is 19.3. The summed E-state index contributed by atoms with van der Waals surface area (Å²) in [6.45, 7) is 1.19. The fourth-order valence-corrected chi connectivity index (χ4v) is 2.77. The molecule has 0 aliphatic carbocycles. The van der Waals surface area contributed by atoms with Crippen LogP contribution in [-0.4, -0.2) is 50.5 Å². The zero-order valence-corrected chi connectivity index (χ0v) is 14.5. The van der Waals surface area contributed by atoms with Crippen molar-refractivity contribution in [1.82, 2.24) is 10.2 Å². The van der Waals surface area contributed by atoms with Gasteiger partial charge in [-0.05, 0) is 37.5 Å². The van der Waals surface area contributed by atoms with Crippen molar-refractivity contribution in [3.05, 3.63) is 23.8 Å². The molecule has 1 heterocycles. The van der Waals surface area contributed by atoms with E-state index in [1.54, 1.807) is 11.0 Å². The van der Waals surface area contributed by atoms with Gasteiger partial charge in [0.2, 0.25) is 0 Å². The number of carbonyl (C=O) groups excluding carboxylic acids is 1. The fraction of sp³-hybridized carbons (Fsp3) is 0.588. The van der Waals surface area contributed by atoms with Gasteiger partial charge in [0.15, 0.2) is 11.5 Å². The van der Waals surface area contributed by atoms with Crippen molar-refractivity contribution in [3.8, 4) is 11.5 Å². The minimum Gasteiger partial charge on any atom is -0.493 e. The van der Waals surface area contributed by atoms with Gasteiger partial charge in [0.1, 0.15) is 0 Å². The van der Waals surface area contributed by atoms with E-state index in [0.717, 1.165) is 12.8 Å². The minimum atomic E-state index is -2.94. The first kappa shape index (κ1) is 19.2. The summed E-state index contributed by atoms with van der Waals surface area (Å²) < 4.78 is 39.9. The molecule has 1 aromatic rings. The number of hydrogen-bond acceptors (Lipinski definition) is 4. The Balaban J connectivity index is 1.87. The molecule has 1 saturated heterocycles. The van der Waals surface area contributed by atoms with Gasteiger partial charge in [-0.1, -0.05) is 6.07 Å². The Morgan fingerprint density at radius 2 is 2.04 bits per heavy atom. The maximum absolute atomic E-state index is 12.4. The average molecular weight is 358 g/mol. The van der Waals surface area contributed by atoms with Crippen LogP contribution in [0.4, 0.5) is 13.6 Å². The number of carbonyl (C=O) groups is 1. The lowest BCUT2D eigenvalue weighted by Crippen LogP contribution is -2.45. The van der Waals surface area contributed by atoms with E-state index < -0.39 is 6.61 Å². The molecule has 1 aliphatic heterocycles. The van der Waals surface area contributed by atoms with E-state index in [1.807, 2.05) is 6.92 Å².